The first-order chi connectivity index (χ1) is 9.47. The number of imidazole rings is 1. The lowest BCUT2D eigenvalue weighted by molar-refractivity contribution is 0.731. The molecule has 0 radical (unpaired) electrons. The van der Waals surface area contributed by atoms with E-state index in [4.69, 9.17) is 5.73 Å². The van der Waals surface area contributed by atoms with Crippen LogP contribution in [0, 0.1) is 6.92 Å². The Morgan fingerprint density at radius 1 is 1.40 bits per heavy atom. The number of anilines is 1. The van der Waals surface area contributed by atoms with E-state index >= 15 is 0 Å². The Morgan fingerprint density at radius 3 is 2.70 bits per heavy atom. The zero-order chi connectivity index (χ0) is 14.7. The molecule has 108 valence electrons. The number of aromatic nitrogens is 3. The van der Waals surface area contributed by atoms with Crippen molar-refractivity contribution < 1.29 is 0 Å². The van der Waals surface area contributed by atoms with Gasteiger partial charge in [0.2, 0.25) is 0 Å². The summed E-state index contributed by atoms with van der Waals surface area (Å²) >= 11 is 0. The third-order valence-corrected chi connectivity index (χ3v) is 3.33. The van der Waals surface area contributed by atoms with Crippen LogP contribution in [-0.4, -0.2) is 27.6 Å². The van der Waals surface area contributed by atoms with E-state index in [1.54, 1.807) is 0 Å². The van der Waals surface area contributed by atoms with Gasteiger partial charge in [-0.1, -0.05) is 6.07 Å². The van der Waals surface area contributed by atoms with Gasteiger partial charge in [-0.2, -0.15) is 0 Å². The van der Waals surface area contributed by atoms with Crippen molar-refractivity contribution in [3.05, 3.63) is 41.6 Å². The number of hydrogen-bond acceptors (Lipinski definition) is 4. The molecule has 0 saturated carbocycles. The van der Waals surface area contributed by atoms with Gasteiger partial charge in [0.25, 0.3) is 0 Å². The molecule has 2 rings (SSSR count). The topological polar surface area (TPSA) is 60.0 Å². The van der Waals surface area contributed by atoms with Crippen LogP contribution in [0.25, 0.3) is 0 Å². The molecule has 0 saturated heterocycles. The molecular weight excluding hydrogens is 250 g/mol. The molecule has 1 unspecified atom stereocenters. The lowest BCUT2D eigenvalue weighted by Crippen LogP contribution is -2.22. The summed E-state index contributed by atoms with van der Waals surface area (Å²) < 4.78 is 2.02. The van der Waals surface area contributed by atoms with Crippen molar-refractivity contribution in [1.82, 2.24) is 14.5 Å². The van der Waals surface area contributed by atoms with Crippen LogP contribution in [0.15, 0.2) is 24.7 Å². The molecule has 5 heteroatoms. The summed E-state index contributed by atoms with van der Waals surface area (Å²) in [5.41, 5.74) is 8.18. The first-order valence-corrected chi connectivity index (χ1v) is 6.86. The maximum atomic E-state index is 5.83. The van der Waals surface area contributed by atoms with E-state index in [0.29, 0.717) is 0 Å². The third kappa shape index (κ3) is 3.36. The molecule has 20 heavy (non-hydrogen) atoms. The van der Waals surface area contributed by atoms with Crippen LogP contribution in [-0.2, 0) is 20.0 Å². The van der Waals surface area contributed by atoms with Crippen molar-refractivity contribution in [3.8, 4) is 0 Å². The van der Waals surface area contributed by atoms with Gasteiger partial charge in [-0.3, -0.25) is 0 Å². The molecule has 0 aliphatic carbocycles. The van der Waals surface area contributed by atoms with Gasteiger partial charge in [-0.25, -0.2) is 9.97 Å². The second-order valence-electron chi connectivity index (χ2n) is 5.48. The number of hydrogen-bond donors (Lipinski definition) is 1. The molecule has 0 spiro atoms. The van der Waals surface area contributed by atoms with Crippen molar-refractivity contribution in [2.75, 3.05) is 11.9 Å². The number of rotatable bonds is 5. The number of pyridine rings is 1. The lowest BCUT2D eigenvalue weighted by atomic mass is 10.1. The molecule has 0 aromatic carbocycles. The first kappa shape index (κ1) is 14.5. The molecule has 0 fully saturated rings. The van der Waals surface area contributed by atoms with Crippen LogP contribution in [0.2, 0.25) is 0 Å². The minimum absolute atomic E-state index is 0.160. The fourth-order valence-corrected chi connectivity index (χ4v) is 2.34. The van der Waals surface area contributed by atoms with Gasteiger partial charge >= 0.3 is 0 Å². The SMILES string of the molecule is Cc1cc(CC(C)N)cnc1N(C)Cc1nccn1C. The van der Waals surface area contributed by atoms with Crippen LogP contribution in [0.1, 0.15) is 23.9 Å². The molecule has 0 bridgehead atoms. The zero-order valence-corrected chi connectivity index (χ0v) is 12.7. The fourth-order valence-electron chi connectivity index (χ4n) is 2.34. The van der Waals surface area contributed by atoms with Crippen molar-refractivity contribution in [3.63, 3.8) is 0 Å². The lowest BCUT2D eigenvalue weighted by Gasteiger charge is -2.20. The van der Waals surface area contributed by atoms with E-state index in [9.17, 15) is 0 Å². The molecule has 2 heterocycles. The van der Waals surface area contributed by atoms with Crippen LogP contribution in [0.4, 0.5) is 5.82 Å². The highest BCUT2D eigenvalue weighted by Gasteiger charge is 2.10. The first-order valence-electron chi connectivity index (χ1n) is 6.86. The Bertz CT molecular complexity index is 573. The number of nitrogens with two attached hydrogens (primary N) is 1. The van der Waals surface area contributed by atoms with E-state index in [1.165, 1.54) is 11.1 Å². The average Bonchev–Trinajstić information content (AvgIpc) is 2.74. The molecule has 2 aromatic heterocycles. The Labute approximate surface area is 120 Å². The van der Waals surface area contributed by atoms with Crippen LogP contribution in [0.3, 0.4) is 0 Å². The summed E-state index contributed by atoms with van der Waals surface area (Å²) in [4.78, 5) is 11.0. The van der Waals surface area contributed by atoms with Crippen molar-refractivity contribution >= 4 is 5.82 Å². The van der Waals surface area contributed by atoms with Crippen LogP contribution < -0.4 is 10.6 Å². The predicted octanol–water partition coefficient (Wildman–Crippen LogP) is 1.65. The molecule has 0 amide bonds. The van der Waals surface area contributed by atoms with Gasteiger partial charge in [-0.15, -0.1) is 0 Å². The van der Waals surface area contributed by atoms with E-state index in [2.05, 4.69) is 27.9 Å². The van der Waals surface area contributed by atoms with E-state index < -0.39 is 0 Å². The summed E-state index contributed by atoms with van der Waals surface area (Å²) in [6.45, 7) is 4.84. The summed E-state index contributed by atoms with van der Waals surface area (Å²) in [6, 6.07) is 2.33. The van der Waals surface area contributed by atoms with Gasteiger partial charge in [0, 0.05) is 38.7 Å². The van der Waals surface area contributed by atoms with Gasteiger partial charge < -0.3 is 15.2 Å². The monoisotopic (exact) mass is 273 g/mol. The Kier molecular flexibility index (Phi) is 4.39. The van der Waals surface area contributed by atoms with E-state index in [1.807, 2.05) is 44.2 Å². The Balaban J connectivity index is 2.14. The molecule has 2 aromatic rings. The standard InChI is InChI=1S/C15H23N5/c1-11-7-13(8-12(2)16)9-18-15(11)20(4)10-14-17-5-6-19(14)3/h5-7,9,12H,8,10,16H2,1-4H3. The van der Waals surface area contributed by atoms with Gasteiger partial charge in [-0.05, 0) is 31.4 Å². The summed E-state index contributed by atoms with van der Waals surface area (Å²) in [7, 11) is 4.04. The second kappa shape index (κ2) is 6.05. The maximum absolute atomic E-state index is 5.83. The summed E-state index contributed by atoms with van der Waals surface area (Å²) in [5, 5.41) is 0. The molecular formula is C15H23N5. The van der Waals surface area contributed by atoms with Crippen molar-refractivity contribution in [2.24, 2.45) is 12.8 Å². The smallest absolute Gasteiger partial charge is 0.131 e. The van der Waals surface area contributed by atoms with Gasteiger partial charge in [0.1, 0.15) is 11.6 Å². The Hall–Kier alpha value is -1.88. The maximum Gasteiger partial charge on any atom is 0.131 e. The van der Waals surface area contributed by atoms with Crippen LogP contribution in [0.5, 0.6) is 0 Å². The molecule has 0 aliphatic rings. The van der Waals surface area contributed by atoms with Gasteiger partial charge in [0.15, 0.2) is 0 Å². The minimum Gasteiger partial charge on any atom is -0.352 e. The highest BCUT2D eigenvalue weighted by atomic mass is 15.2. The highest BCUT2D eigenvalue weighted by Crippen LogP contribution is 2.18. The zero-order valence-electron chi connectivity index (χ0n) is 12.7. The fraction of sp³-hybridized carbons (Fsp3) is 0.467. The molecule has 1 atom stereocenters. The van der Waals surface area contributed by atoms with E-state index in [-0.39, 0.29) is 6.04 Å². The van der Waals surface area contributed by atoms with Crippen molar-refractivity contribution in [2.45, 2.75) is 32.9 Å². The molecule has 2 N–H and O–H groups in total. The second-order valence-corrected chi connectivity index (χ2v) is 5.48. The number of nitrogens with zero attached hydrogens (tertiary/aromatic N) is 4. The Morgan fingerprint density at radius 2 is 2.15 bits per heavy atom. The van der Waals surface area contributed by atoms with Crippen LogP contribution >= 0.6 is 0 Å². The molecule has 0 aliphatic heterocycles. The normalized spacial score (nSPS) is 12.4. The predicted molar refractivity (Wildman–Crippen MR) is 81.6 cm³/mol. The summed E-state index contributed by atoms with van der Waals surface area (Å²) in [6.07, 6.45) is 6.54. The van der Waals surface area contributed by atoms with Crippen molar-refractivity contribution in [1.29, 1.82) is 0 Å². The average molecular weight is 273 g/mol. The highest BCUT2D eigenvalue weighted by molar-refractivity contribution is 5.46. The molecule has 5 nitrogen and oxygen atoms in total. The van der Waals surface area contributed by atoms with Gasteiger partial charge in [0.05, 0.1) is 6.54 Å². The quantitative estimate of drug-likeness (QED) is 0.900. The van der Waals surface area contributed by atoms with E-state index in [0.717, 1.165) is 24.6 Å². The largest absolute Gasteiger partial charge is 0.352 e. The number of aryl methyl sites for hydroxylation is 2. The minimum atomic E-state index is 0.160. The third-order valence-electron chi connectivity index (χ3n) is 3.33. The summed E-state index contributed by atoms with van der Waals surface area (Å²) in [5.74, 6) is 2.01.